The summed E-state index contributed by atoms with van der Waals surface area (Å²) >= 11 is 0. The molecular weight excluding hydrogens is 469 g/mol. The number of carbonyl (C=O) groups is 1. The van der Waals surface area contributed by atoms with E-state index in [1.165, 1.54) is 37.7 Å². The number of hydrogen-bond donors (Lipinski definition) is 3. The number of nitrogens with two attached hydrogens (primary N) is 1. The van der Waals surface area contributed by atoms with Gasteiger partial charge in [0.1, 0.15) is 6.54 Å². The summed E-state index contributed by atoms with van der Waals surface area (Å²) in [6.07, 6.45) is 9.24. The Morgan fingerprint density at radius 3 is 2.47 bits per heavy atom. The van der Waals surface area contributed by atoms with E-state index >= 15 is 0 Å². The first-order chi connectivity index (χ1) is 18.6. The molecule has 0 aromatic heterocycles. The molecule has 4 N–H and O–H groups in total. The molecule has 1 saturated heterocycles. The average Bonchev–Trinajstić information content (AvgIpc) is 2.97. The Labute approximate surface area is 230 Å². The Kier molecular flexibility index (Phi) is 13.1. The lowest BCUT2D eigenvalue weighted by molar-refractivity contribution is -0.132. The van der Waals surface area contributed by atoms with Gasteiger partial charge in [-0.25, -0.2) is 0 Å². The molecule has 2 fully saturated rings. The molecule has 1 heterocycles. The van der Waals surface area contributed by atoms with E-state index in [-0.39, 0.29) is 25.2 Å². The van der Waals surface area contributed by atoms with Crippen molar-refractivity contribution in [3.8, 4) is 0 Å². The molecule has 38 heavy (non-hydrogen) atoms. The van der Waals surface area contributed by atoms with Gasteiger partial charge < -0.3 is 21.3 Å². The fourth-order valence-electron chi connectivity index (χ4n) is 5.46. The number of anilines is 1. The second kappa shape index (κ2) is 16.8. The fourth-order valence-corrected chi connectivity index (χ4v) is 5.46. The van der Waals surface area contributed by atoms with E-state index in [2.05, 4.69) is 53.6 Å². The highest BCUT2D eigenvalue weighted by Gasteiger charge is 2.30. The summed E-state index contributed by atoms with van der Waals surface area (Å²) in [7, 11) is 0. The molecule has 1 atom stereocenters. The van der Waals surface area contributed by atoms with Gasteiger partial charge in [0.25, 0.3) is 0 Å². The van der Waals surface area contributed by atoms with Crippen molar-refractivity contribution in [1.29, 1.82) is 0 Å². The number of hydrogen-bond acceptors (Lipinski definition) is 5. The third-order valence-corrected chi connectivity index (χ3v) is 7.45. The number of piperazine rings is 1. The standard InChI is InChI=1S/C29H39BN4O.C2H7N/c1-24(25-11-5-2-6-12-25)30(26-13-7-3-8-14-26)23-32-22-29(35)34-20-19-31-21-28(34)17-18-33-27-15-9-4-10-16-27;1-2-3/h2,4-6,9-12,15-16,23,26,28,31,33H,1,3,7-8,13-14,17-22H2;2-3H2,1H3. The highest BCUT2D eigenvalue weighted by Crippen LogP contribution is 2.35. The third kappa shape index (κ3) is 9.45. The molecule has 0 radical (unpaired) electrons. The van der Waals surface area contributed by atoms with Gasteiger partial charge in [-0.1, -0.05) is 98.8 Å². The number of amides is 1. The summed E-state index contributed by atoms with van der Waals surface area (Å²) < 4.78 is 0. The maximum absolute atomic E-state index is 13.2. The predicted octanol–water partition coefficient (Wildman–Crippen LogP) is 4.95. The smallest absolute Gasteiger partial charge is 0.244 e. The van der Waals surface area contributed by atoms with Crippen LogP contribution in [0.3, 0.4) is 0 Å². The first kappa shape index (κ1) is 29.7. The van der Waals surface area contributed by atoms with Gasteiger partial charge in [0.2, 0.25) is 12.6 Å². The van der Waals surface area contributed by atoms with Crippen molar-refractivity contribution in [3.63, 3.8) is 0 Å². The van der Waals surface area contributed by atoms with E-state index < -0.39 is 0 Å². The molecule has 1 aliphatic carbocycles. The molecule has 2 aromatic carbocycles. The molecule has 6 nitrogen and oxygen atoms in total. The maximum Gasteiger partial charge on any atom is 0.244 e. The Balaban J connectivity index is 0.00000127. The summed E-state index contributed by atoms with van der Waals surface area (Å²) in [5.74, 6) is 0.687. The lowest BCUT2D eigenvalue weighted by Crippen LogP contribution is -2.54. The van der Waals surface area contributed by atoms with Gasteiger partial charge in [-0.05, 0) is 36.8 Å². The number of para-hydroxylation sites is 1. The minimum atomic E-state index is 0.125. The third-order valence-electron chi connectivity index (χ3n) is 7.45. The Bertz CT molecular complexity index is 978. The minimum Gasteiger partial charge on any atom is -0.385 e. The Hall–Kier alpha value is -2.90. The molecule has 0 spiro atoms. The van der Waals surface area contributed by atoms with Crippen molar-refractivity contribution in [2.75, 3.05) is 44.6 Å². The number of benzene rings is 2. The van der Waals surface area contributed by atoms with E-state index in [1.54, 1.807) is 0 Å². The van der Waals surface area contributed by atoms with Gasteiger partial charge >= 0.3 is 0 Å². The lowest BCUT2D eigenvalue weighted by atomic mass is 9.35. The predicted molar refractivity (Wildman–Crippen MR) is 164 cm³/mol. The molecule has 2 aliphatic rings. The number of nitrogens with one attached hydrogen (secondary N) is 2. The van der Waals surface area contributed by atoms with Crippen LogP contribution in [0.5, 0.6) is 0 Å². The van der Waals surface area contributed by atoms with Gasteiger partial charge in [0.15, 0.2) is 0 Å². The first-order valence-electron chi connectivity index (χ1n) is 14.4. The van der Waals surface area contributed by atoms with Crippen LogP contribution in [0.2, 0.25) is 5.82 Å². The normalized spacial score (nSPS) is 17.9. The number of carbonyl (C=O) groups excluding carboxylic acids is 1. The lowest BCUT2D eigenvalue weighted by Gasteiger charge is -2.36. The molecule has 1 unspecified atom stereocenters. The van der Waals surface area contributed by atoms with Crippen molar-refractivity contribution in [3.05, 3.63) is 72.8 Å². The maximum atomic E-state index is 13.2. The average molecular weight is 516 g/mol. The van der Waals surface area contributed by atoms with Gasteiger partial charge in [-0.15, -0.1) is 6.58 Å². The highest BCUT2D eigenvalue weighted by atomic mass is 16.2. The molecule has 1 amide bonds. The second-order valence-corrected chi connectivity index (χ2v) is 10.2. The van der Waals surface area contributed by atoms with Crippen LogP contribution < -0.4 is 16.4 Å². The van der Waals surface area contributed by atoms with Gasteiger partial charge in [-0.3, -0.25) is 9.79 Å². The van der Waals surface area contributed by atoms with Crippen molar-refractivity contribution in [1.82, 2.24) is 10.2 Å². The number of rotatable bonds is 10. The van der Waals surface area contributed by atoms with Crippen LogP contribution >= 0.6 is 0 Å². The summed E-state index contributed by atoms with van der Waals surface area (Å²) in [6.45, 7) is 10.8. The highest BCUT2D eigenvalue weighted by molar-refractivity contribution is 7.00. The van der Waals surface area contributed by atoms with E-state index in [4.69, 9.17) is 10.7 Å². The molecule has 1 aliphatic heterocycles. The van der Waals surface area contributed by atoms with E-state index in [1.807, 2.05) is 42.2 Å². The zero-order valence-electron chi connectivity index (χ0n) is 23.2. The van der Waals surface area contributed by atoms with Gasteiger partial charge in [-0.2, -0.15) is 0 Å². The van der Waals surface area contributed by atoms with Crippen molar-refractivity contribution >= 4 is 29.9 Å². The van der Waals surface area contributed by atoms with E-state index in [0.29, 0.717) is 5.82 Å². The molecule has 0 bridgehead atoms. The van der Waals surface area contributed by atoms with Crippen LogP contribution in [0.15, 0.2) is 72.2 Å². The molecular formula is C31H46BN5O. The van der Waals surface area contributed by atoms with Crippen LogP contribution in [0.25, 0.3) is 5.47 Å². The van der Waals surface area contributed by atoms with Crippen LogP contribution in [0, 0.1) is 0 Å². The monoisotopic (exact) mass is 515 g/mol. The SMILES string of the molecule is C=C(B(C=NCC(=O)N1CCNCC1CCNc1ccccc1)C1CCCCC1)c1ccccc1.CCN. The van der Waals surface area contributed by atoms with E-state index in [9.17, 15) is 4.79 Å². The molecule has 2 aromatic rings. The zero-order chi connectivity index (χ0) is 27.0. The summed E-state index contributed by atoms with van der Waals surface area (Å²) in [5, 5.41) is 6.92. The molecule has 7 heteroatoms. The Morgan fingerprint density at radius 1 is 1.13 bits per heavy atom. The quantitative estimate of drug-likeness (QED) is 0.309. The Morgan fingerprint density at radius 2 is 1.79 bits per heavy atom. The van der Waals surface area contributed by atoms with Crippen molar-refractivity contribution in [2.24, 2.45) is 10.7 Å². The fraction of sp³-hybridized carbons (Fsp3) is 0.484. The van der Waals surface area contributed by atoms with Crippen LogP contribution in [-0.2, 0) is 4.79 Å². The molecule has 4 rings (SSSR count). The number of aliphatic imine (C=N–C) groups is 1. The molecule has 204 valence electrons. The topological polar surface area (TPSA) is 82.8 Å². The van der Waals surface area contributed by atoms with Crippen molar-refractivity contribution in [2.45, 2.75) is 57.3 Å². The first-order valence-corrected chi connectivity index (χ1v) is 14.4. The summed E-state index contributed by atoms with van der Waals surface area (Å²) in [5.41, 5.74) is 8.26. The zero-order valence-corrected chi connectivity index (χ0v) is 23.2. The van der Waals surface area contributed by atoms with Crippen LogP contribution in [0.1, 0.15) is 51.0 Å². The second-order valence-electron chi connectivity index (χ2n) is 10.2. The number of nitrogens with zero attached hydrogens (tertiary/aromatic N) is 2. The summed E-state index contributed by atoms with van der Waals surface area (Å²) in [6, 6.07) is 20.9. The van der Waals surface area contributed by atoms with Crippen molar-refractivity contribution < 1.29 is 4.79 Å². The minimum absolute atomic E-state index is 0.125. The van der Waals surface area contributed by atoms with E-state index in [0.717, 1.165) is 50.3 Å². The van der Waals surface area contributed by atoms with Gasteiger partial charge in [0, 0.05) is 37.9 Å². The van der Waals surface area contributed by atoms with Crippen LogP contribution in [-0.4, -0.2) is 68.9 Å². The largest absolute Gasteiger partial charge is 0.385 e. The molecule has 1 saturated carbocycles. The van der Waals surface area contributed by atoms with Gasteiger partial charge in [0.05, 0.1) is 0 Å². The van der Waals surface area contributed by atoms with Crippen LogP contribution in [0.4, 0.5) is 5.69 Å². The summed E-state index contributed by atoms with van der Waals surface area (Å²) in [4.78, 5) is 19.9.